The van der Waals surface area contributed by atoms with Crippen LogP contribution in [0.5, 0.6) is 0 Å². The number of carbonyl (C=O) groups is 2. The molecule has 20 heavy (non-hydrogen) atoms. The standard InChI is InChI=1S/C15H30N2O3/c1-12(2)11-17(10-8-14(19)20-6)13(18)7-9-16-15(3,4)5/h12,16H,7-11H2,1-6H3. The Labute approximate surface area is 123 Å². The van der Waals surface area contributed by atoms with Crippen molar-refractivity contribution < 1.29 is 14.3 Å². The van der Waals surface area contributed by atoms with Crippen LogP contribution in [0.15, 0.2) is 0 Å². The minimum atomic E-state index is -0.278. The van der Waals surface area contributed by atoms with E-state index in [-0.39, 0.29) is 23.8 Å². The molecule has 5 heteroatoms. The van der Waals surface area contributed by atoms with E-state index in [9.17, 15) is 9.59 Å². The summed E-state index contributed by atoms with van der Waals surface area (Å²) in [5.74, 6) is 0.186. The fraction of sp³-hybridized carbons (Fsp3) is 0.867. The zero-order chi connectivity index (χ0) is 15.8. The van der Waals surface area contributed by atoms with Crippen LogP contribution in [0.4, 0.5) is 0 Å². The Morgan fingerprint density at radius 3 is 2.25 bits per heavy atom. The van der Waals surface area contributed by atoms with Gasteiger partial charge in [0.1, 0.15) is 0 Å². The molecule has 5 nitrogen and oxygen atoms in total. The fourth-order valence-electron chi connectivity index (χ4n) is 1.79. The first-order valence-corrected chi connectivity index (χ1v) is 7.25. The summed E-state index contributed by atoms with van der Waals surface area (Å²) in [4.78, 5) is 25.2. The zero-order valence-corrected chi connectivity index (χ0v) is 13.8. The molecule has 0 spiro atoms. The summed E-state index contributed by atoms with van der Waals surface area (Å²) in [7, 11) is 1.37. The molecule has 0 heterocycles. The molecule has 0 aromatic heterocycles. The van der Waals surface area contributed by atoms with Gasteiger partial charge in [0.15, 0.2) is 0 Å². The van der Waals surface area contributed by atoms with Crippen molar-refractivity contribution in [3.8, 4) is 0 Å². The molecule has 0 aromatic rings. The molecule has 0 atom stereocenters. The molecule has 0 aromatic carbocycles. The Kier molecular flexibility index (Phi) is 8.46. The van der Waals surface area contributed by atoms with Gasteiger partial charge in [-0.2, -0.15) is 0 Å². The molecule has 0 saturated heterocycles. The van der Waals surface area contributed by atoms with Gasteiger partial charge in [0.2, 0.25) is 5.91 Å². The predicted octanol–water partition coefficient (Wildman–Crippen LogP) is 1.81. The van der Waals surface area contributed by atoms with E-state index in [2.05, 4.69) is 44.7 Å². The maximum Gasteiger partial charge on any atom is 0.307 e. The molecular weight excluding hydrogens is 256 g/mol. The molecular formula is C15H30N2O3. The molecule has 0 aliphatic heterocycles. The van der Waals surface area contributed by atoms with Crippen LogP contribution >= 0.6 is 0 Å². The second-order valence-corrected chi connectivity index (χ2v) is 6.49. The molecule has 1 N–H and O–H groups in total. The quantitative estimate of drug-likeness (QED) is 0.691. The van der Waals surface area contributed by atoms with Gasteiger partial charge in [0.25, 0.3) is 0 Å². The van der Waals surface area contributed by atoms with Crippen LogP contribution in [0.25, 0.3) is 0 Å². The summed E-state index contributed by atoms with van der Waals surface area (Å²) in [6.07, 6.45) is 0.701. The Hall–Kier alpha value is -1.10. The van der Waals surface area contributed by atoms with Crippen LogP contribution in [0.1, 0.15) is 47.5 Å². The van der Waals surface area contributed by atoms with Crippen molar-refractivity contribution in [1.29, 1.82) is 0 Å². The lowest BCUT2D eigenvalue weighted by molar-refractivity contribution is -0.141. The monoisotopic (exact) mass is 286 g/mol. The molecule has 0 aliphatic rings. The van der Waals surface area contributed by atoms with Crippen LogP contribution in [0, 0.1) is 5.92 Å². The van der Waals surface area contributed by atoms with E-state index in [0.29, 0.717) is 32.0 Å². The van der Waals surface area contributed by atoms with Crippen molar-refractivity contribution in [3.05, 3.63) is 0 Å². The number of esters is 1. The van der Waals surface area contributed by atoms with Gasteiger partial charge < -0.3 is 15.0 Å². The highest BCUT2D eigenvalue weighted by Crippen LogP contribution is 2.05. The van der Waals surface area contributed by atoms with Crippen molar-refractivity contribution in [1.82, 2.24) is 10.2 Å². The number of ether oxygens (including phenoxy) is 1. The van der Waals surface area contributed by atoms with Crippen molar-refractivity contribution in [2.45, 2.75) is 53.0 Å². The number of hydrogen-bond donors (Lipinski definition) is 1. The molecule has 0 bridgehead atoms. The third-order valence-corrected chi connectivity index (χ3v) is 2.75. The van der Waals surface area contributed by atoms with Crippen molar-refractivity contribution in [2.75, 3.05) is 26.7 Å². The van der Waals surface area contributed by atoms with Gasteiger partial charge in [-0.3, -0.25) is 9.59 Å². The molecule has 0 rings (SSSR count). The van der Waals surface area contributed by atoms with Crippen molar-refractivity contribution in [3.63, 3.8) is 0 Å². The molecule has 0 radical (unpaired) electrons. The first-order chi connectivity index (χ1) is 9.15. The normalized spacial score (nSPS) is 11.6. The van der Waals surface area contributed by atoms with Gasteiger partial charge in [-0.1, -0.05) is 13.8 Å². The zero-order valence-electron chi connectivity index (χ0n) is 13.8. The number of hydrogen-bond acceptors (Lipinski definition) is 4. The number of carbonyl (C=O) groups excluding carboxylic acids is 2. The lowest BCUT2D eigenvalue weighted by Crippen LogP contribution is -2.41. The average Bonchev–Trinajstić information content (AvgIpc) is 2.31. The topological polar surface area (TPSA) is 58.6 Å². The third kappa shape index (κ3) is 9.78. The van der Waals surface area contributed by atoms with Crippen LogP contribution < -0.4 is 5.32 Å². The number of methoxy groups -OCH3 is 1. The van der Waals surface area contributed by atoms with Gasteiger partial charge in [0.05, 0.1) is 13.5 Å². The minimum Gasteiger partial charge on any atom is -0.469 e. The van der Waals surface area contributed by atoms with Crippen LogP contribution in [-0.4, -0.2) is 49.1 Å². The van der Waals surface area contributed by atoms with Gasteiger partial charge >= 0.3 is 5.97 Å². The molecule has 1 amide bonds. The number of amides is 1. The van der Waals surface area contributed by atoms with E-state index in [4.69, 9.17) is 0 Å². The van der Waals surface area contributed by atoms with Crippen molar-refractivity contribution >= 4 is 11.9 Å². The lowest BCUT2D eigenvalue weighted by Gasteiger charge is -2.26. The summed E-state index contributed by atoms with van der Waals surface area (Å²) in [6.45, 7) is 12.1. The van der Waals surface area contributed by atoms with Crippen LogP contribution in [0.2, 0.25) is 0 Å². The number of rotatable bonds is 8. The second kappa shape index (κ2) is 8.95. The Bertz CT molecular complexity index is 309. The summed E-state index contributed by atoms with van der Waals surface area (Å²) >= 11 is 0. The maximum absolute atomic E-state index is 12.2. The first kappa shape index (κ1) is 18.9. The number of nitrogens with zero attached hydrogens (tertiary/aromatic N) is 1. The summed E-state index contributed by atoms with van der Waals surface area (Å²) in [5, 5.41) is 3.30. The Morgan fingerprint density at radius 1 is 1.20 bits per heavy atom. The molecule has 118 valence electrons. The van der Waals surface area contributed by atoms with Gasteiger partial charge in [0, 0.05) is 31.6 Å². The van der Waals surface area contributed by atoms with E-state index in [1.807, 2.05) is 0 Å². The summed E-state index contributed by atoms with van der Waals surface area (Å²) < 4.78 is 4.62. The highest BCUT2D eigenvalue weighted by molar-refractivity contribution is 5.77. The number of nitrogens with one attached hydrogen (secondary N) is 1. The molecule has 0 saturated carbocycles. The average molecular weight is 286 g/mol. The molecule has 0 fully saturated rings. The SMILES string of the molecule is COC(=O)CCN(CC(C)C)C(=O)CCNC(C)(C)C. The van der Waals surface area contributed by atoms with Gasteiger partial charge in [-0.05, 0) is 26.7 Å². The highest BCUT2D eigenvalue weighted by atomic mass is 16.5. The molecule has 0 aliphatic carbocycles. The van der Waals surface area contributed by atoms with Crippen molar-refractivity contribution in [2.24, 2.45) is 5.92 Å². The van der Waals surface area contributed by atoms with Crippen LogP contribution in [0.3, 0.4) is 0 Å². The minimum absolute atomic E-state index is 0.00910. The smallest absolute Gasteiger partial charge is 0.307 e. The van der Waals surface area contributed by atoms with E-state index >= 15 is 0 Å². The Morgan fingerprint density at radius 2 is 1.80 bits per heavy atom. The fourth-order valence-corrected chi connectivity index (χ4v) is 1.79. The van der Waals surface area contributed by atoms with E-state index < -0.39 is 0 Å². The largest absolute Gasteiger partial charge is 0.469 e. The van der Waals surface area contributed by atoms with E-state index in [0.717, 1.165) is 0 Å². The van der Waals surface area contributed by atoms with Gasteiger partial charge in [-0.15, -0.1) is 0 Å². The van der Waals surface area contributed by atoms with Crippen LogP contribution in [-0.2, 0) is 14.3 Å². The maximum atomic E-state index is 12.2. The second-order valence-electron chi connectivity index (χ2n) is 6.49. The summed E-state index contributed by atoms with van der Waals surface area (Å²) in [6, 6.07) is 0. The molecule has 0 unspecified atom stereocenters. The summed E-state index contributed by atoms with van der Waals surface area (Å²) in [5.41, 5.74) is 0.00910. The van der Waals surface area contributed by atoms with E-state index in [1.165, 1.54) is 7.11 Å². The first-order valence-electron chi connectivity index (χ1n) is 7.25. The highest BCUT2D eigenvalue weighted by Gasteiger charge is 2.17. The lowest BCUT2D eigenvalue weighted by atomic mass is 10.1. The third-order valence-electron chi connectivity index (χ3n) is 2.75. The Balaban J connectivity index is 4.30. The predicted molar refractivity (Wildman–Crippen MR) is 80.4 cm³/mol. The van der Waals surface area contributed by atoms with Gasteiger partial charge in [-0.25, -0.2) is 0 Å². The van der Waals surface area contributed by atoms with E-state index in [1.54, 1.807) is 4.90 Å².